The largest absolute Gasteiger partial charge is 0.373 e. The maximum absolute atomic E-state index is 10.5. The zero-order valence-corrected chi connectivity index (χ0v) is 10.2. The maximum Gasteiger partial charge on any atom is 0.108 e. The molecular weight excluding hydrogens is 188 g/mol. The highest BCUT2D eigenvalue weighted by molar-refractivity contribution is 4.56. The molecule has 2 nitrogen and oxygen atoms in total. The summed E-state index contributed by atoms with van der Waals surface area (Å²) in [5.41, 5.74) is 0. The van der Waals surface area contributed by atoms with Crippen LogP contribution in [0.15, 0.2) is 0 Å². The van der Waals surface area contributed by atoms with Gasteiger partial charge in [-0.15, -0.1) is 0 Å². The van der Waals surface area contributed by atoms with Crippen LogP contribution in [0.1, 0.15) is 64.7 Å². The van der Waals surface area contributed by atoms with E-state index in [-0.39, 0.29) is 12.7 Å². The van der Waals surface area contributed by atoms with E-state index in [0.717, 1.165) is 12.8 Å². The van der Waals surface area contributed by atoms with E-state index in [1.807, 2.05) is 0 Å². The lowest BCUT2D eigenvalue weighted by Gasteiger charge is -2.10. The van der Waals surface area contributed by atoms with Crippen molar-refractivity contribution in [1.82, 2.24) is 0 Å². The second-order valence-corrected chi connectivity index (χ2v) is 4.22. The molecule has 2 heteroatoms. The molecule has 90 valence electrons. The lowest BCUT2D eigenvalue weighted by Crippen LogP contribution is -2.13. The van der Waals surface area contributed by atoms with Crippen molar-refractivity contribution in [1.29, 1.82) is 0 Å². The molecule has 2 radical (unpaired) electrons. The summed E-state index contributed by atoms with van der Waals surface area (Å²) in [6, 6.07) is 0. The van der Waals surface area contributed by atoms with Crippen molar-refractivity contribution in [3.8, 4) is 0 Å². The van der Waals surface area contributed by atoms with E-state index in [2.05, 4.69) is 14.0 Å². The van der Waals surface area contributed by atoms with Crippen molar-refractivity contribution < 1.29 is 9.84 Å². The van der Waals surface area contributed by atoms with E-state index in [1.165, 1.54) is 44.9 Å². The average Bonchev–Trinajstić information content (AvgIpc) is 2.27. The van der Waals surface area contributed by atoms with Crippen LogP contribution in [0.3, 0.4) is 0 Å². The third kappa shape index (κ3) is 10.2. The Balaban J connectivity index is 3.04. The molecule has 0 aliphatic rings. The topological polar surface area (TPSA) is 29.1 Å². The first kappa shape index (κ1) is 14.9. The molecule has 1 atom stereocenters. The molecule has 0 saturated heterocycles. The Hall–Kier alpha value is -0.0800. The molecule has 0 aliphatic carbocycles. The molecular formula is C13H26O2. The number of hydrogen-bond donors (Lipinski definition) is 0. The lowest BCUT2D eigenvalue weighted by molar-refractivity contribution is 0.0330. The van der Waals surface area contributed by atoms with Crippen molar-refractivity contribution in [2.75, 3.05) is 6.61 Å². The van der Waals surface area contributed by atoms with Gasteiger partial charge in [0.15, 0.2) is 0 Å². The van der Waals surface area contributed by atoms with E-state index < -0.39 is 0 Å². The van der Waals surface area contributed by atoms with Crippen molar-refractivity contribution >= 4 is 0 Å². The third-order valence-corrected chi connectivity index (χ3v) is 2.80. The van der Waals surface area contributed by atoms with Crippen LogP contribution < -0.4 is 0 Å². The monoisotopic (exact) mass is 214 g/mol. The predicted octanol–water partition coefficient (Wildman–Crippen LogP) is 4.12. The van der Waals surface area contributed by atoms with Gasteiger partial charge >= 0.3 is 0 Å². The Morgan fingerprint density at radius 2 is 1.53 bits per heavy atom. The summed E-state index contributed by atoms with van der Waals surface area (Å²) in [6.45, 7) is 2.09. The van der Waals surface area contributed by atoms with Crippen LogP contribution >= 0.6 is 0 Å². The molecule has 1 unspecified atom stereocenters. The van der Waals surface area contributed by atoms with Gasteiger partial charge in [-0.1, -0.05) is 58.3 Å². The SMILES string of the molecule is [CH2]OC(C[O])CCCCCCCCCC. The zero-order valence-electron chi connectivity index (χ0n) is 10.2. The highest BCUT2D eigenvalue weighted by Gasteiger charge is 2.04. The number of ether oxygens (including phenoxy) is 1. The minimum Gasteiger partial charge on any atom is -0.373 e. The zero-order chi connectivity index (χ0) is 11.4. The smallest absolute Gasteiger partial charge is 0.108 e. The van der Waals surface area contributed by atoms with Gasteiger partial charge in [-0.25, -0.2) is 5.11 Å². The van der Waals surface area contributed by atoms with Crippen LogP contribution in [0.2, 0.25) is 0 Å². The molecule has 0 fully saturated rings. The quantitative estimate of drug-likeness (QED) is 0.475. The van der Waals surface area contributed by atoms with Crippen LogP contribution in [-0.2, 0) is 9.84 Å². The molecule has 0 aromatic rings. The summed E-state index contributed by atoms with van der Waals surface area (Å²) < 4.78 is 4.80. The second-order valence-electron chi connectivity index (χ2n) is 4.22. The maximum atomic E-state index is 10.5. The minimum absolute atomic E-state index is 0.153. The second kappa shape index (κ2) is 12.0. The van der Waals surface area contributed by atoms with Crippen molar-refractivity contribution in [3.63, 3.8) is 0 Å². The Morgan fingerprint density at radius 3 is 2.00 bits per heavy atom. The van der Waals surface area contributed by atoms with Gasteiger partial charge in [-0.3, -0.25) is 0 Å². The summed E-state index contributed by atoms with van der Waals surface area (Å²) in [6.07, 6.45) is 11.1. The Labute approximate surface area is 95.0 Å². The van der Waals surface area contributed by atoms with Gasteiger partial charge in [-0.2, -0.15) is 0 Å². The van der Waals surface area contributed by atoms with Crippen molar-refractivity contribution in [2.45, 2.75) is 70.8 Å². The van der Waals surface area contributed by atoms with Gasteiger partial charge in [0.05, 0.1) is 13.2 Å². The standard InChI is InChI=1S/C13H26O2/c1-3-4-5-6-7-8-9-10-11-13(12-14)15-2/h13H,2-12H2,1H3. The highest BCUT2D eigenvalue weighted by atomic mass is 16.5. The molecule has 0 N–H and O–H groups in total. The molecule has 0 amide bonds. The Kier molecular flexibility index (Phi) is 11.9. The predicted molar refractivity (Wildman–Crippen MR) is 63.0 cm³/mol. The van der Waals surface area contributed by atoms with Gasteiger partial charge in [0.25, 0.3) is 0 Å². The molecule has 0 aliphatic heterocycles. The molecule has 0 rings (SSSR count). The van der Waals surface area contributed by atoms with E-state index >= 15 is 0 Å². The summed E-state index contributed by atoms with van der Waals surface area (Å²) >= 11 is 0. The average molecular weight is 214 g/mol. The van der Waals surface area contributed by atoms with Gasteiger partial charge in [0.1, 0.15) is 6.61 Å². The summed E-state index contributed by atoms with van der Waals surface area (Å²) in [4.78, 5) is 0. The molecule has 0 spiro atoms. The van der Waals surface area contributed by atoms with Gasteiger partial charge in [0.2, 0.25) is 0 Å². The summed E-state index contributed by atoms with van der Waals surface area (Å²) in [5, 5.41) is 10.5. The first-order valence-corrected chi connectivity index (χ1v) is 6.34. The van der Waals surface area contributed by atoms with Crippen molar-refractivity contribution in [2.24, 2.45) is 0 Å². The number of rotatable bonds is 11. The third-order valence-electron chi connectivity index (χ3n) is 2.80. The van der Waals surface area contributed by atoms with Gasteiger partial charge in [0, 0.05) is 0 Å². The molecule has 0 aromatic heterocycles. The highest BCUT2D eigenvalue weighted by Crippen LogP contribution is 2.11. The van der Waals surface area contributed by atoms with Gasteiger partial charge < -0.3 is 4.74 Å². The Bertz CT molecular complexity index is 111. The number of hydrogen-bond acceptors (Lipinski definition) is 1. The van der Waals surface area contributed by atoms with Gasteiger partial charge in [-0.05, 0) is 6.42 Å². The molecule has 0 bridgehead atoms. The minimum atomic E-state index is -0.162. The molecule has 0 heterocycles. The summed E-state index contributed by atoms with van der Waals surface area (Å²) in [5.74, 6) is 0. The van der Waals surface area contributed by atoms with Crippen molar-refractivity contribution in [3.05, 3.63) is 7.11 Å². The van der Waals surface area contributed by atoms with Crippen LogP contribution in [0.5, 0.6) is 0 Å². The Morgan fingerprint density at radius 1 is 1.00 bits per heavy atom. The fraction of sp³-hybridized carbons (Fsp3) is 0.923. The van der Waals surface area contributed by atoms with E-state index in [0.29, 0.717) is 0 Å². The molecule has 0 saturated carbocycles. The van der Waals surface area contributed by atoms with E-state index in [4.69, 9.17) is 4.74 Å². The van der Waals surface area contributed by atoms with Crippen LogP contribution in [0.4, 0.5) is 0 Å². The lowest BCUT2D eigenvalue weighted by atomic mass is 10.1. The number of unbranched alkanes of at least 4 members (excludes halogenated alkanes) is 7. The van der Waals surface area contributed by atoms with Crippen LogP contribution in [-0.4, -0.2) is 12.7 Å². The van der Waals surface area contributed by atoms with E-state index in [1.54, 1.807) is 0 Å². The fourth-order valence-electron chi connectivity index (χ4n) is 1.72. The van der Waals surface area contributed by atoms with Crippen LogP contribution in [0.25, 0.3) is 0 Å². The first-order chi connectivity index (χ1) is 7.35. The fourth-order valence-corrected chi connectivity index (χ4v) is 1.72. The molecule has 0 aromatic carbocycles. The first-order valence-electron chi connectivity index (χ1n) is 6.34. The van der Waals surface area contributed by atoms with Crippen LogP contribution in [0, 0.1) is 7.11 Å². The van der Waals surface area contributed by atoms with E-state index in [9.17, 15) is 5.11 Å². The summed E-state index contributed by atoms with van der Waals surface area (Å²) in [7, 11) is 3.31. The molecule has 15 heavy (non-hydrogen) atoms. The normalized spacial score (nSPS) is 13.0.